The fraction of sp³-hybridized carbons (Fsp3) is 0.600. The molecule has 18 rings (SSSR count). The number of imidazole rings is 6. The first-order chi connectivity index (χ1) is 62.5. The third-order valence-corrected chi connectivity index (χ3v) is 26.1. The molecule has 12 heterocycles. The highest BCUT2D eigenvalue weighted by molar-refractivity contribution is 7.99. The summed E-state index contributed by atoms with van der Waals surface area (Å²) < 4.78 is 18.3. The van der Waals surface area contributed by atoms with Gasteiger partial charge in [-0.3, -0.25) is 47.6 Å². The average molecular weight is 1780 g/mol. The Morgan fingerprint density at radius 3 is 1.03 bits per heavy atom. The summed E-state index contributed by atoms with van der Waals surface area (Å²) in [5, 5.41) is 10.3. The lowest BCUT2D eigenvalue weighted by Gasteiger charge is -2.23. The monoisotopic (exact) mass is 1780 g/mol. The normalized spacial score (nSPS) is 16.2. The lowest BCUT2D eigenvalue weighted by atomic mass is 9.89. The number of allylic oxidation sites excluding steroid dienone is 1. The Kier molecular flexibility index (Phi) is 34.2. The molecule has 0 aliphatic heterocycles. The summed E-state index contributed by atoms with van der Waals surface area (Å²) in [6.45, 7) is 32.0. The molecule has 6 saturated carbocycles. The van der Waals surface area contributed by atoms with E-state index in [2.05, 4.69) is 146 Å². The fourth-order valence-electron chi connectivity index (χ4n) is 18.4. The molecule has 6 aliphatic rings. The molecule has 12 aromatic heterocycles. The largest absolute Gasteiger partial charge is 0.465 e. The predicted octanol–water partition coefficient (Wildman–Crippen LogP) is 19.2. The Morgan fingerprint density at radius 2 is 0.667 bits per heavy atom. The number of carbonyl (C=O) groups excluding carboxylic acids is 5. The van der Waals surface area contributed by atoms with E-state index in [9.17, 15) is 24.0 Å². The SMILES string of the molecule is C=C=C(C)Nc1nc2ncc(C(C)=O)nc2n1CC1CCCCC1.CC(=O)Nc1nc2ncc(C)nc2n1CC1CCCCC1.CC(=O)c1cnc2nc(C)n(CC3CCCCC3)c2n1.CCNc1nc2ncc(C)nc2n1CC1CCCCC1.CCOc1nc2ncc(C(C)=O)nc2n1CC1CCCCC1.CCSc1nc2ncc(C(C)=O)nc2n1CC1CCCCC1. The van der Waals surface area contributed by atoms with Crippen molar-refractivity contribution in [2.24, 2.45) is 35.5 Å². The second-order valence-electron chi connectivity index (χ2n) is 35.6. The Morgan fingerprint density at radius 1 is 0.364 bits per heavy atom. The van der Waals surface area contributed by atoms with Gasteiger partial charge in [0.15, 0.2) is 90.4 Å². The van der Waals surface area contributed by atoms with Gasteiger partial charge in [-0.25, -0.2) is 69.8 Å². The van der Waals surface area contributed by atoms with Gasteiger partial charge < -0.3 is 24.5 Å². The third kappa shape index (κ3) is 25.4. The molecule has 0 bridgehead atoms. The van der Waals surface area contributed by atoms with Crippen molar-refractivity contribution < 1.29 is 28.7 Å². The summed E-state index contributed by atoms with van der Waals surface area (Å²) in [6, 6.07) is 0.559. The molecule has 0 aromatic carbocycles. The van der Waals surface area contributed by atoms with E-state index in [1.54, 1.807) is 24.2 Å². The standard InChI is InChI=1S/C18H23N5O.C16H22N4O2.C16H22N4OS.C15H21N5O.C15H23N5.C15H20N4O/c1-4-12(2)20-18-22-16-17(21-15(10-19-16)13(3)24)23(18)11-14-8-6-5-7-9-14;2*1-3-22-16-19-14-15(18-13(9-17-14)11(2)21)20(16)10-12-7-5-4-6-8-12;1-10-8-16-13-14(17-10)20(15(19-13)18-11(2)21)9-12-6-4-3-5-7-12;1-3-16-15-19-13-14(18-11(2)9-17-13)20(15)10-12-7-5-4-6-8-12;1-10(20)13-8-16-14-15(18-13)19(11(2)17-14)9-12-6-4-3-5-7-12/h10,14H,1,5-9,11H2,2-3H3,(H,19,20,22);2*9,12H,3-8,10H2,1-2H3;8,12H,3-7,9H2,1-2H3,(H,16,18,19,21);9,12H,3-8,10H2,1-2H3,(H,16,17,19);8,12H,3-7,9H2,1-2H3. The summed E-state index contributed by atoms with van der Waals surface area (Å²) in [5.41, 5.74) is 15.3. The molecule has 0 unspecified atom stereocenters. The first-order valence-corrected chi connectivity index (χ1v) is 48.2. The van der Waals surface area contributed by atoms with Crippen LogP contribution in [-0.4, -0.2) is 165 Å². The molecular formula is C95H131N27O6S. The number of nitrogens with one attached hydrogen (secondary N) is 3. The summed E-state index contributed by atoms with van der Waals surface area (Å²) in [7, 11) is 0. The van der Waals surface area contributed by atoms with E-state index in [0.717, 1.165) is 120 Å². The highest BCUT2D eigenvalue weighted by atomic mass is 32.2. The van der Waals surface area contributed by atoms with Crippen molar-refractivity contribution in [3.63, 3.8) is 0 Å². The lowest BCUT2D eigenvalue weighted by Crippen LogP contribution is -2.18. The number of ketones is 4. The smallest absolute Gasteiger partial charge is 0.300 e. The second-order valence-corrected chi connectivity index (χ2v) is 36.8. The summed E-state index contributed by atoms with van der Waals surface area (Å²) >= 11 is 1.72. The van der Waals surface area contributed by atoms with Crippen LogP contribution in [0.25, 0.3) is 67.8 Å². The van der Waals surface area contributed by atoms with Gasteiger partial charge in [0.05, 0.1) is 60.9 Å². The van der Waals surface area contributed by atoms with Crippen LogP contribution in [0.4, 0.5) is 17.8 Å². The number of thioether (sulfide) groups is 1. The minimum atomic E-state index is -0.119. The van der Waals surface area contributed by atoms with Gasteiger partial charge in [-0.05, 0) is 160 Å². The maximum atomic E-state index is 11.7. The Hall–Kier alpha value is -11.3. The van der Waals surface area contributed by atoms with Gasteiger partial charge in [-0.2, -0.15) is 19.9 Å². The van der Waals surface area contributed by atoms with Gasteiger partial charge in [-0.15, -0.1) is 5.73 Å². The number of hydrogen-bond donors (Lipinski definition) is 3. The maximum Gasteiger partial charge on any atom is 0.300 e. The molecule has 129 heavy (non-hydrogen) atoms. The number of hydrogen-bond acceptors (Lipinski definition) is 27. The van der Waals surface area contributed by atoms with Gasteiger partial charge in [-0.1, -0.05) is 141 Å². The van der Waals surface area contributed by atoms with Crippen LogP contribution in [0.5, 0.6) is 6.01 Å². The van der Waals surface area contributed by atoms with Crippen molar-refractivity contribution >= 4 is 126 Å². The van der Waals surface area contributed by atoms with Crippen LogP contribution in [0.2, 0.25) is 0 Å². The van der Waals surface area contributed by atoms with Crippen LogP contribution in [0.15, 0.2) is 60.3 Å². The van der Waals surface area contributed by atoms with E-state index in [4.69, 9.17) is 4.74 Å². The van der Waals surface area contributed by atoms with Gasteiger partial charge in [0.1, 0.15) is 28.6 Å². The molecule has 6 fully saturated rings. The van der Waals surface area contributed by atoms with E-state index in [1.807, 2.05) is 48.3 Å². The number of aromatic nitrogens is 24. The topological polar surface area (TPSA) is 392 Å². The highest BCUT2D eigenvalue weighted by Crippen LogP contribution is 2.36. The molecule has 0 radical (unpaired) electrons. The van der Waals surface area contributed by atoms with Crippen molar-refractivity contribution in [1.29, 1.82) is 0 Å². The molecule has 34 heteroatoms. The van der Waals surface area contributed by atoms with E-state index in [-0.39, 0.29) is 29.0 Å². The van der Waals surface area contributed by atoms with E-state index < -0.39 is 0 Å². The van der Waals surface area contributed by atoms with E-state index in [0.29, 0.717) is 116 Å². The number of nitrogens with zero attached hydrogens (tertiary/aromatic N) is 24. The van der Waals surface area contributed by atoms with Crippen LogP contribution < -0.4 is 20.7 Å². The van der Waals surface area contributed by atoms with Crippen molar-refractivity contribution in [3.8, 4) is 6.01 Å². The number of Topliss-reactive ketones (excluding diaryl/α,β-unsaturated/α-hetero) is 4. The Balaban J connectivity index is 0.000000132. The number of aryl methyl sites for hydroxylation is 3. The maximum absolute atomic E-state index is 11.7. The molecule has 6 aliphatic carbocycles. The first kappa shape index (κ1) is 95.3. The predicted molar refractivity (Wildman–Crippen MR) is 504 cm³/mol. The molecule has 3 N–H and O–H groups in total. The summed E-state index contributed by atoms with van der Waals surface area (Å²) in [4.78, 5) is 138. The number of anilines is 3. The second kappa shape index (κ2) is 46.3. The molecule has 0 saturated heterocycles. The van der Waals surface area contributed by atoms with Crippen molar-refractivity contribution in [3.05, 3.63) is 95.2 Å². The Labute approximate surface area is 759 Å². The molecule has 33 nitrogen and oxygen atoms in total. The van der Waals surface area contributed by atoms with Crippen LogP contribution in [0.1, 0.15) is 314 Å². The van der Waals surface area contributed by atoms with Crippen LogP contribution in [-0.2, 0) is 44.1 Å². The van der Waals surface area contributed by atoms with Gasteiger partial charge in [0.2, 0.25) is 29.4 Å². The van der Waals surface area contributed by atoms with Gasteiger partial charge in [0.25, 0.3) is 6.01 Å². The lowest BCUT2D eigenvalue weighted by molar-refractivity contribution is -0.114. The fourth-order valence-corrected chi connectivity index (χ4v) is 19.2. The number of fused-ring (bicyclic) bond motifs is 6. The number of rotatable bonds is 25. The zero-order valence-electron chi connectivity index (χ0n) is 77.8. The first-order valence-electron chi connectivity index (χ1n) is 47.3. The third-order valence-electron chi connectivity index (χ3n) is 25.3. The van der Waals surface area contributed by atoms with Crippen LogP contribution in [0, 0.1) is 56.3 Å². The van der Waals surface area contributed by atoms with E-state index >= 15 is 0 Å². The molecule has 0 atom stereocenters. The van der Waals surface area contributed by atoms with Crippen LogP contribution in [0.3, 0.4) is 0 Å². The van der Waals surface area contributed by atoms with Gasteiger partial charge in [0, 0.05) is 80.4 Å². The average Bonchev–Trinajstić information content (AvgIpc) is 1.71. The number of amides is 1. The van der Waals surface area contributed by atoms with Crippen molar-refractivity contribution in [2.45, 2.75) is 320 Å². The highest BCUT2D eigenvalue weighted by Gasteiger charge is 2.29. The number of carbonyl (C=O) groups is 5. The Bertz CT molecular complexity index is 5760. The van der Waals surface area contributed by atoms with Crippen molar-refractivity contribution in [2.75, 3.05) is 34.9 Å². The zero-order chi connectivity index (χ0) is 91.0. The van der Waals surface area contributed by atoms with Crippen molar-refractivity contribution in [1.82, 2.24) is 117 Å². The molecule has 12 aromatic rings. The minimum Gasteiger partial charge on any atom is -0.465 e. The molecule has 0 spiro atoms. The molecular weight excluding hydrogens is 1650 g/mol. The minimum absolute atomic E-state index is 0.0514. The molecule has 688 valence electrons. The van der Waals surface area contributed by atoms with Crippen LogP contribution >= 0.6 is 11.8 Å². The number of ether oxygens (including phenoxy) is 1. The van der Waals surface area contributed by atoms with Gasteiger partial charge >= 0.3 is 0 Å². The van der Waals surface area contributed by atoms with E-state index in [1.165, 1.54) is 252 Å². The zero-order valence-corrected chi connectivity index (χ0v) is 78.6. The summed E-state index contributed by atoms with van der Waals surface area (Å²) in [6.07, 6.45) is 48.4. The molecule has 1 amide bonds. The quantitative estimate of drug-likeness (QED) is 0.0272. The summed E-state index contributed by atoms with van der Waals surface area (Å²) in [5.74, 6) is 7.65.